The van der Waals surface area contributed by atoms with Crippen molar-refractivity contribution in [3.63, 3.8) is 0 Å². The predicted octanol–water partition coefficient (Wildman–Crippen LogP) is 4.07. The lowest BCUT2D eigenvalue weighted by Crippen LogP contribution is -2.28. The van der Waals surface area contributed by atoms with Crippen LogP contribution in [-0.4, -0.2) is 52.3 Å². The monoisotopic (exact) mass is 518 g/mol. The van der Waals surface area contributed by atoms with E-state index in [2.05, 4.69) is 9.17 Å². The van der Waals surface area contributed by atoms with Crippen LogP contribution in [0.3, 0.4) is 0 Å². The van der Waals surface area contributed by atoms with E-state index in [1.165, 1.54) is 32.4 Å². The fourth-order valence-corrected chi connectivity index (χ4v) is 3.68. The lowest BCUT2D eigenvalue weighted by atomic mass is 10.0. The summed E-state index contributed by atoms with van der Waals surface area (Å²) in [5.41, 5.74) is -6.38. The molecule has 0 aliphatic rings. The number of ether oxygens (including phenoxy) is 4. The Morgan fingerprint density at radius 3 is 1.97 bits per heavy atom. The second-order valence-corrected chi connectivity index (χ2v) is 8.23. The molecule has 0 aliphatic carbocycles. The van der Waals surface area contributed by atoms with Crippen molar-refractivity contribution in [1.29, 1.82) is 0 Å². The summed E-state index contributed by atoms with van der Waals surface area (Å²) in [5, 5.41) is 12.1. The van der Waals surface area contributed by atoms with Crippen LogP contribution in [0.4, 0.5) is 18.9 Å². The molecule has 2 aromatic carbocycles. The van der Waals surface area contributed by atoms with E-state index in [1.807, 2.05) is 0 Å². The Morgan fingerprint density at radius 1 is 0.886 bits per heavy atom. The number of aromatic nitrogens is 1. The van der Waals surface area contributed by atoms with Crippen molar-refractivity contribution < 1.29 is 49.6 Å². The van der Waals surface area contributed by atoms with Crippen molar-refractivity contribution in [2.75, 3.05) is 28.4 Å². The number of rotatable bonds is 8. The van der Waals surface area contributed by atoms with Crippen molar-refractivity contribution in [1.82, 2.24) is 4.98 Å². The van der Waals surface area contributed by atoms with Gasteiger partial charge in [-0.15, -0.1) is 0 Å². The first-order valence-electron chi connectivity index (χ1n) is 9.34. The fraction of sp³-hybridized carbons (Fsp3) is 0.250. The maximum atomic E-state index is 12.9. The third-order valence-electron chi connectivity index (χ3n) is 4.77. The molecule has 0 saturated heterocycles. The first-order valence-corrected chi connectivity index (χ1v) is 10.8. The molecular formula is C20H17F3N2O9S. The number of nitrogens with zero attached hydrogens (tertiary/aromatic N) is 2. The zero-order chi connectivity index (χ0) is 26.1. The molecule has 15 heteroatoms. The molecule has 3 rings (SSSR count). The molecule has 0 fully saturated rings. The Balaban J connectivity index is 2.35. The molecule has 1 aromatic heterocycles. The maximum Gasteiger partial charge on any atom is 0.534 e. The first-order chi connectivity index (χ1) is 16.4. The number of pyridine rings is 1. The van der Waals surface area contributed by atoms with Crippen molar-refractivity contribution in [3.05, 3.63) is 40.6 Å². The molecule has 0 radical (unpaired) electrons. The number of hydrogen-bond donors (Lipinski definition) is 0. The van der Waals surface area contributed by atoms with Crippen LogP contribution in [-0.2, 0) is 10.1 Å². The van der Waals surface area contributed by atoms with Gasteiger partial charge in [0.2, 0.25) is 5.75 Å². The molecule has 0 spiro atoms. The summed E-state index contributed by atoms with van der Waals surface area (Å²) in [6, 6.07) is 4.75. The van der Waals surface area contributed by atoms with Gasteiger partial charge < -0.3 is 23.1 Å². The summed E-state index contributed by atoms with van der Waals surface area (Å²) in [7, 11) is -1.23. The van der Waals surface area contributed by atoms with E-state index in [-0.39, 0.29) is 39.3 Å². The second kappa shape index (κ2) is 9.32. The van der Waals surface area contributed by atoms with Gasteiger partial charge in [0.1, 0.15) is 0 Å². The van der Waals surface area contributed by atoms with E-state index < -0.39 is 37.7 Å². The number of fused-ring (bicyclic) bond motifs is 1. The quantitative estimate of drug-likeness (QED) is 0.186. The number of halogens is 3. The molecule has 11 nitrogen and oxygen atoms in total. The molecule has 1 heterocycles. The molecule has 0 amide bonds. The summed E-state index contributed by atoms with van der Waals surface area (Å²) < 4.78 is 86.7. The van der Waals surface area contributed by atoms with Gasteiger partial charge in [-0.05, 0) is 17.7 Å². The van der Waals surface area contributed by atoms with E-state index in [4.69, 9.17) is 18.9 Å². The van der Waals surface area contributed by atoms with Crippen LogP contribution in [0.1, 0.15) is 0 Å². The molecular weight excluding hydrogens is 501 g/mol. The topological polar surface area (TPSA) is 136 Å². The van der Waals surface area contributed by atoms with Crippen molar-refractivity contribution in [2.24, 2.45) is 0 Å². The minimum Gasteiger partial charge on any atom is -0.493 e. The second-order valence-electron chi connectivity index (χ2n) is 6.70. The largest absolute Gasteiger partial charge is 0.534 e. The molecule has 0 unspecified atom stereocenters. The van der Waals surface area contributed by atoms with Crippen LogP contribution in [0, 0.1) is 10.1 Å². The van der Waals surface area contributed by atoms with Crippen molar-refractivity contribution in [3.8, 4) is 39.9 Å². The number of methoxy groups -OCH3 is 4. The molecule has 188 valence electrons. The molecule has 0 atom stereocenters. The molecule has 0 N–H and O–H groups in total. The zero-order valence-electron chi connectivity index (χ0n) is 18.5. The summed E-state index contributed by atoms with van der Waals surface area (Å²) in [6.07, 6.45) is 1.09. The van der Waals surface area contributed by atoms with Crippen LogP contribution in [0.25, 0.3) is 22.0 Å². The molecule has 3 aromatic rings. The average Bonchev–Trinajstić information content (AvgIpc) is 2.80. The van der Waals surface area contributed by atoms with E-state index in [0.29, 0.717) is 0 Å². The normalized spacial score (nSPS) is 11.7. The van der Waals surface area contributed by atoms with Gasteiger partial charge in [0.15, 0.2) is 23.0 Å². The van der Waals surface area contributed by atoms with Gasteiger partial charge in [-0.2, -0.15) is 21.6 Å². The SMILES string of the molecule is COc1cc2ncc(-c3cc(OC)c(OC)c(OS(=O)(=O)C(F)(F)F)c3)c([N+](=O)[O-])c2cc1OC. The Hall–Kier alpha value is -4.01. The molecule has 0 aliphatic heterocycles. The van der Waals surface area contributed by atoms with Gasteiger partial charge in [0.05, 0.1) is 49.8 Å². The van der Waals surface area contributed by atoms with E-state index in [0.717, 1.165) is 26.5 Å². The Bertz CT molecular complexity index is 1410. The third kappa shape index (κ3) is 4.66. The van der Waals surface area contributed by atoms with Gasteiger partial charge in [0, 0.05) is 18.3 Å². The van der Waals surface area contributed by atoms with Crippen molar-refractivity contribution in [2.45, 2.75) is 5.51 Å². The fourth-order valence-electron chi connectivity index (χ4n) is 3.23. The smallest absolute Gasteiger partial charge is 0.493 e. The summed E-state index contributed by atoms with van der Waals surface area (Å²) >= 11 is 0. The highest BCUT2D eigenvalue weighted by Gasteiger charge is 2.49. The highest BCUT2D eigenvalue weighted by Crippen LogP contribution is 2.46. The van der Waals surface area contributed by atoms with Gasteiger partial charge in [0.25, 0.3) is 5.69 Å². The van der Waals surface area contributed by atoms with Gasteiger partial charge in [-0.25, -0.2) is 0 Å². The predicted molar refractivity (Wildman–Crippen MR) is 116 cm³/mol. The van der Waals surface area contributed by atoms with Crippen LogP contribution in [0.5, 0.6) is 28.7 Å². The highest BCUT2D eigenvalue weighted by molar-refractivity contribution is 7.88. The van der Waals surface area contributed by atoms with Crippen LogP contribution in [0.15, 0.2) is 30.5 Å². The van der Waals surface area contributed by atoms with Crippen LogP contribution >= 0.6 is 0 Å². The van der Waals surface area contributed by atoms with E-state index in [9.17, 15) is 31.7 Å². The Labute approximate surface area is 196 Å². The number of hydrogen-bond acceptors (Lipinski definition) is 10. The van der Waals surface area contributed by atoms with Gasteiger partial charge in [-0.3, -0.25) is 15.1 Å². The maximum absolute atomic E-state index is 12.9. The lowest BCUT2D eigenvalue weighted by Gasteiger charge is -2.17. The third-order valence-corrected chi connectivity index (χ3v) is 5.73. The first kappa shape index (κ1) is 25.6. The Morgan fingerprint density at radius 2 is 1.46 bits per heavy atom. The summed E-state index contributed by atoms with van der Waals surface area (Å²) in [5.74, 6) is -1.21. The number of alkyl halides is 3. The van der Waals surface area contributed by atoms with Gasteiger partial charge in [-0.1, -0.05) is 0 Å². The number of nitro groups is 1. The molecule has 0 bridgehead atoms. The van der Waals surface area contributed by atoms with E-state index in [1.54, 1.807) is 0 Å². The molecule has 35 heavy (non-hydrogen) atoms. The summed E-state index contributed by atoms with van der Waals surface area (Å²) in [4.78, 5) is 15.5. The van der Waals surface area contributed by atoms with Crippen LogP contribution < -0.4 is 23.1 Å². The standard InChI is InChI=1S/C20H17F3N2O9S/c1-30-14-7-11-13(8-15(14)31-2)24-9-12(18(11)25(26)27)10-5-16(32-3)19(33-4)17(6-10)34-35(28,29)20(21,22)23/h5-9H,1-4H3. The minimum atomic E-state index is -6.10. The Kier molecular flexibility index (Phi) is 6.82. The van der Waals surface area contributed by atoms with Gasteiger partial charge >= 0.3 is 15.6 Å². The number of benzene rings is 2. The average molecular weight is 518 g/mol. The van der Waals surface area contributed by atoms with E-state index >= 15 is 0 Å². The summed E-state index contributed by atoms with van der Waals surface area (Å²) in [6.45, 7) is 0. The zero-order valence-corrected chi connectivity index (χ0v) is 19.3. The minimum absolute atomic E-state index is 0.0188. The lowest BCUT2D eigenvalue weighted by molar-refractivity contribution is -0.382. The molecule has 0 saturated carbocycles. The van der Waals surface area contributed by atoms with Crippen LogP contribution in [0.2, 0.25) is 0 Å². The highest BCUT2D eigenvalue weighted by atomic mass is 32.2. The van der Waals surface area contributed by atoms with Crippen molar-refractivity contribution >= 4 is 26.7 Å².